The van der Waals surface area contributed by atoms with E-state index in [-0.39, 0.29) is 6.04 Å². The summed E-state index contributed by atoms with van der Waals surface area (Å²) in [5.41, 5.74) is 1.19. The molecule has 0 aliphatic rings. The standard InChI is InChI=1S/C15H25N3O2S/c1-18(2)14(11-17-15(21)16-8-9-19-3)12-6-5-7-13(10-12)20-4/h5-7,10,14H,8-9,11H2,1-4H3,(H2,16,17,21). The van der Waals surface area contributed by atoms with Crippen LogP contribution in [0.1, 0.15) is 11.6 Å². The number of hydrogen-bond acceptors (Lipinski definition) is 4. The van der Waals surface area contributed by atoms with Crippen LogP contribution in [0.2, 0.25) is 0 Å². The molecule has 1 aromatic carbocycles. The summed E-state index contributed by atoms with van der Waals surface area (Å²) < 4.78 is 10.3. The van der Waals surface area contributed by atoms with E-state index >= 15 is 0 Å². The number of rotatable bonds is 8. The summed E-state index contributed by atoms with van der Waals surface area (Å²) in [6.45, 7) is 2.06. The largest absolute Gasteiger partial charge is 0.497 e. The summed E-state index contributed by atoms with van der Waals surface area (Å²) in [5.74, 6) is 0.861. The van der Waals surface area contributed by atoms with Gasteiger partial charge in [-0.15, -0.1) is 0 Å². The Morgan fingerprint density at radius 3 is 2.67 bits per heavy atom. The van der Waals surface area contributed by atoms with Crippen LogP contribution in [0, 0.1) is 0 Å². The van der Waals surface area contributed by atoms with Crippen molar-refractivity contribution < 1.29 is 9.47 Å². The van der Waals surface area contributed by atoms with E-state index < -0.39 is 0 Å². The van der Waals surface area contributed by atoms with Gasteiger partial charge in [-0.1, -0.05) is 12.1 Å². The average molecular weight is 311 g/mol. The molecule has 6 heteroatoms. The van der Waals surface area contributed by atoms with Crippen LogP contribution < -0.4 is 15.4 Å². The first-order valence-corrected chi connectivity index (χ1v) is 7.30. The van der Waals surface area contributed by atoms with Crippen molar-refractivity contribution in [3.8, 4) is 5.75 Å². The molecule has 1 aromatic rings. The second kappa shape index (κ2) is 9.55. The molecule has 0 amide bonds. The predicted octanol–water partition coefficient (Wildman–Crippen LogP) is 1.41. The molecule has 1 atom stereocenters. The zero-order valence-corrected chi connectivity index (χ0v) is 14.0. The summed E-state index contributed by atoms with van der Waals surface area (Å²) in [6.07, 6.45) is 0. The second-order valence-electron chi connectivity index (χ2n) is 4.89. The van der Waals surface area contributed by atoms with Crippen LogP contribution in [-0.4, -0.2) is 58.0 Å². The van der Waals surface area contributed by atoms with E-state index in [0.29, 0.717) is 18.3 Å². The highest BCUT2D eigenvalue weighted by molar-refractivity contribution is 7.80. The molecule has 0 bridgehead atoms. The number of nitrogens with one attached hydrogen (secondary N) is 2. The van der Waals surface area contributed by atoms with Crippen molar-refractivity contribution in [1.29, 1.82) is 0 Å². The molecule has 0 saturated heterocycles. The number of ether oxygens (including phenoxy) is 2. The zero-order valence-electron chi connectivity index (χ0n) is 13.2. The third-order valence-corrected chi connectivity index (χ3v) is 3.44. The van der Waals surface area contributed by atoms with Crippen LogP contribution in [-0.2, 0) is 4.74 Å². The first-order chi connectivity index (χ1) is 10.1. The van der Waals surface area contributed by atoms with E-state index in [1.807, 2.05) is 32.3 Å². The van der Waals surface area contributed by atoms with Crippen molar-refractivity contribution in [2.45, 2.75) is 6.04 Å². The highest BCUT2D eigenvalue weighted by atomic mass is 32.1. The molecule has 1 rings (SSSR count). The fourth-order valence-corrected chi connectivity index (χ4v) is 2.15. The van der Waals surface area contributed by atoms with Gasteiger partial charge in [0.1, 0.15) is 5.75 Å². The maximum absolute atomic E-state index is 5.28. The molecule has 0 aliphatic heterocycles. The molecule has 1 unspecified atom stereocenters. The van der Waals surface area contributed by atoms with Gasteiger partial charge in [-0.3, -0.25) is 0 Å². The third-order valence-electron chi connectivity index (χ3n) is 3.15. The third kappa shape index (κ3) is 6.29. The van der Waals surface area contributed by atoms with Crippen LogP contribution in [0.25, 0.3) is 0 Å². The molecule has 0 spiro atoms. The Labute approximate surface area is 132 Å². The van der Waals surface area contributed by atoms with Gasteiger partial charge in [0.25, 0.3) is 0 Å². The minimum absolute atomic E-state index is 0.210. The number of methoxy groups -OCH3 is 2. The minimum atomic E-state index is 0.210. The molecule has 118 valence electrons. The lowest BCUT2D eigenvalue weighted by molar-refractivity contribution is 0.203. The van der Waals surface area contributed by atoms with Gasteiger partial charge in [-0.2, -0.15) is 0 Å². The fraction of sp³-hybridized carbons (Fsp3) is 0.533. The molecule has 0 aromatic heterocycles. The molecule has 0 heterocycles. The maximum Gasteiger partial charge on any atom is 0.166 e. The van der Waals surface area contributed by atoms with Crippen LogP contribution >= 0.6 is 12.2 Å². The first-order valence-electron chi connectivity index (χ1n) is 6.89. The number of benzene rings is 1. The Balaban J connectivity index is 2.59. The van der Waals surface area contributed by atoms with Gasteiger partial charge in [0, 0.05) is 20.2 Å². The Morgan fingerprint density at radius 1 is 1.29 bits per heavy atom. The molecular formula is C15H25N3O2S. The average Bonchev–Trinajstić information content (AvgIpc) is 2.47. The number of hydrogen-bond donors (Lipinski definition) is 2. The normalized spacial score (nSPS) is 12.0. The molecule has 2 N–H and O–H groups in total. The number of likely N-dealkylation sites (N-methyl/N-ethyl adjacent to an activating group) is 1. The Kier molecular flexibility index (Phi) is 8.04. The maximum atomic E-state index is 5.28. The summed E-state index contributed by atoms with van der Waals surface area (Å²) in [5, 5.41) is 6.99. The Bertz CT molecular complexity index is 441. The SMILES string of the molecule is COCCNC(=S)NCC(c1cccc(OC)c1)N(C)C. The minimum Gasteiger partial charge on any atom is -0.497 e. The van der Waals surface area contributed by atoms with Crippen LogP contribution in [0.5, 0.6) is 5.75 Å². The second-order valence-corrected chi connectivity index (χ2v) is 5.29. The van der Waals surface area contributed by atoms with Crippen LogP contribution in [0.15, 0.2) is 24.3 Å². The van der Waals surface area contributed by atoms with Crippen LogP contribution in [0.3, 0.4) is 0 Å². The number of nitrogens with zero attached hydrogens (tertiary/aromatic N) is 1. The smallest absolute Gasteiger partial charge is 0.166 e. The lowest BCUT2D eigenvalue weighted by Gasteiger charge is -2.26. The quantitative estimate of drug-likeness (QED) is 0.559. The van der Waals surface area contributed by atoms with Crippen LogP contribution in [0.4, 0.5) is 0 Å². The van der Waals surface area contributed by atoms with Gasteiger partial charge >= 0.3 is 0 Å². The summed E-state index contributed by atoms with van der Waals surface area (Å²) >= 11 is 5.25. The van der Waals surface area contributed by atoms with Gasteiger partial charge in [-0.25, -0.2) is 0 Å². The van der Waals surface area contributed by atoms with Crippen molar-refractivity contribution in [2.75, 3.05) is 48.0 Å². The summed E-state index contributed by atoms with van der Waals surface area (Å²) in [6, 6.07) is 8.30. The molecule has 0 fully saturated rings. The van der Waals surface area contributed by atoms with Gasteiger partial charge in [0.2, 0.25) is 0 Å². The van der Waals surface area contributed by atoms with Crippen molar-refractivity contribution in [2.24, 2.45) is 0 Å². The molecule has 21 heavy (non-hydrogen) atoms. The van der Waals surface area contributed by atoms with Gasteiger partial charge in [0.05, 0.1) is 19.8 Å². The first kappa shape index (κ1) is 17.7. The van der Waals surface area contributed by atoms with Crippen molar-refractivity contribution >= 4 is 17.3 Å². The summed E-state index contributed by atoms with van der Waals surface area (Å²) in [7, 11) is 7.44. The topological polar surface area (TPSA) is 45.8 Å². The summed E-state index contributed by atoms with van der Waals surface area (Å²) in [4.78, 5) is 2.15. The van der Waals surface area contributed by atoms with E-state index in [9.17, 15) is 0 Å². The van der Waals surface area contributed by atoms with E-state index in [1.165, 1.54) is 5.56 Å². The van der Waals surface area contributed by atoms with Crippen molar-refractivity contribution in [3.05, 3.63) is 29.8 Å². The van der Waals surface area contributed by atoms with Gasteiger partial charge in [-0.05, 0) is 44.0 Å². The van der Waals surface area contributed by atoms with E-state index in [2.05, 4.69) is 21.6 Å². The molecule has 0 aliphatic carbocycles. The lowest BCUT2D eigenvalue weighted by Crippen LogP contribution is -2.41. The highest BCUT2D eigenvalue weighted by Crippen LogP contribution is 2.21. The molecule has 0 saturated carbocycles. The highest BCUT2D eigenvalue weighted by Gasteiger charge is 2.15. The van der Waals surface area contributed by atoms with Gasteiger partial charge < -0.3 is 25.0 Å². The fourth-order valence-electron chi connectivity index (χ4n) is 1.97. The van der Waals surface area contributed by atoms with Gasteiger partial charge in [0.15, 0.2) is 5.11 Å². The Morgan fingerprint density at radius 2 is 2.05 bits per heavy atom. The van der Waals surface area contributed by atoms with Crippen molar-refractivity contribution in [1.82, 2.24) is 15.5 Å². The molecule has 0 radical (unpaired) electrons. The molecular weight excluding hydrogens is 286 g/mol. The Hall–Kier alpha value is -1.37. The van der Waals surface area contributed by atoms with E-state index in [0.717, 1.165) is 12.3 Å². The zero-order chi connectivity index (χ0) is 15.7. The van der Waals surface area contributed by atoms with E-state index in [1.54, 1.807) is 14.2 Å². The monoisotopic (exact) mass is 311 g/mol. The van der Waals surface area contributed by atoms with Crippen molar-refractivity contribution in [3.63, 3.8) is 0 Å². The van der Waals surface area contributed by atoms with E-state index in [4.69, 9.17) is 21.7 Å². The number of thiocarbonyl (C=S) groups is 1. The predicted molar refractivity (Wildman–Crippen MR) is 89.9 cm³/mol. The molecule has 5 nitrogen and oxygen atoms in total. The lowest BCUT2D eigenvalue weighted by atomic mass is 10.1.